The molecule has 0 aliphatic carbocycles. The lowest BCUT2D eigenvalue weighted by atomic mass is 10.0. The van der Waals surface area contributed by atoms with Gasteiger partial charge in [0.2, 0.25) is 5.91 Å². The minimum absolute atomic E-state index is 0.0415. The molecule has 0 spiro atoms. The van der Waals surface area contributed by atoms with Gasteiger partial charge in [0.1, 0.15) is 12.4 Å². The lowest BCUT2D eigenvalue weighted by molar-refractivity contribution is -0.133. The zero-order chi connectivity index (χ0) is 25.3. The van der Waals surface area contributed by atoms with Crippen LogP contribution in [-0.4, -0.2) is 54.4 Å². The molecule has 0 saturated carbocycles. The summed E-state index contributed by atoms with van der Waals surface area (Å²) in [6.45, 7) is 1.61. The van der Waals surface area contributed by atoms with Crippen molar-refractivity contribution in [2.75, 3.05) is 26.7 Å². The standard InChI is InChI=1S/C30H33ClN2O3/c1-32-18-8-3-9-19-33(29(34)21-24-14-16-25(31)17-15-24)26(20-23-10-4-2-5-11-23)22-36-28-13-7-6-12-27(28)30(32)35/h2,4-7,10-17,26H,3,8-9,18-22H2,1H3/t26-/m0/s1. The number of hydrogen-bond acceptors (Lipinski definition) is 3. The molecule has 1 atom stereocenters. The Labute approximate surface area is 218 Å². The second-order valence-electron chi connectivity index (χ2n) is 9.33. The first-order chi connectivity index (χ1) is 17.5. The Kier molecular flexibility index (Phi) is 9.01. The average Bonchev–Trinajstić information content (AvgIpc) is 2.90. The van der Waals surface area contributed by atoms with E-state index in [-0.39, 0.29) is 17.9 Å². The SMILES string of the molecule is CN1CCCCCN(C(=O)Cc2ccc(Cl)cc2)[C@@H](Cc2ccccc2)COc2ccccc2C1=O. The Morgan fingerprint density at radius 2 is 1.58 bits per heavy atom. The van der Waals surface area contributed by atoms with Crippen molar-refractivity contribution in [1.82, 2.24) is 9.80 Å². The topological polar surface area (TPSA) is 49.9 Å². The van der Waals surface area contributed by atoms with E-state index in [1.54, 1.807) is 4.90 Å². The van der Waals surface area contributed by atoms with E-state index in [2.05, 4.69) is 12.1 Å². The second kappa shape index (κ2) is 12.6. The molecule has 0 bridgehead atoms. The van der Waals surface area contributed by atoms with Gasteiger partial charge >= 0.3 is 0 Å². The molecule has 0 aromatic heterocycles. The first-order valence-corrected chi connectivity index (χ1v) is 12.9. The highest BCUT2D eigenvalue weighted by atomic mass is 35.5. The molecule has 5 nitrogen and oxygen atoms in total. The van der Waals surface area contributed by atoms with E-state index in [1.165, 1.54) is 0 Å². The third-order valence-electron chi connectivity index (χ3n) is 6.63. The zero-order valence-electron chi connectivity index (χ0n) is 20.7. The number of fused-ring (bicyclic) bond motifs is 1. The van der Waals surface area contributed by atoms with Gasteiger partial charge in [-0.15, -0.1) is 0 Å². The van der Waals surface area contributed by atoms with Crippen LogP contribution >= 0.6 is 11.6 Å². The van der Waals surface area contributed by atoms with Crippen LogP contribution in [0.25, 0.3) is 0 Å². The molecule has 0 saturated heterocycles. The van der Waals surface area contributed by atoms with Gasteiger partial charge in [-0.1, -0.05) is 66.2 Å². The summed E-state index contributed by atoms with van der Waals surface area (Å²) >= 11 is 6.05. The summed E-state index contributed by atoms with van der Waals surface area (Å²) in [5, 5.41) is 0.655. The van der Waals surface area contributed by atoms with Crippen LogP contribution in [0.2, 0.25) is 5.02 Å². The van der Waals surface area contributed by atoms with E-state index >= 15 is 0 Å². The number of carbonyl (C=O) groups is 2. The number of carbonyl (C=O) groups excluding carboxylic acids is 2. The van der Waals surface area contributed by atoms with E-state index in [0.717, 1.165) is 30.4 Å². The third kappa shape index (κ3) is 6.88. The summed E-state index contributed by atoms with van der Waals surface area (Å²) in [5.41, 5.74) is 2.63. The molecule has 0 N–H and O–H groups in total. The highest BCUT2D eigenvalue weighted by Crippen LogP contribution is 2.23. The van der Waals surface area contributed by atoms with Gasteiger partial charge in [-0.3, -0.25) is 9.59 Å². The molecular formula is C30H33ClN2O3. The molecule has 1 aliphatic heterocycles. The summed E-state index contributed by atoms with van der Waals surface area (Å²) in [4.78, 5) is 30.5. The fourth-order valence-corrected chi connectivity index (χ4v) is 4.73. The molecule has 2 amide bonds. The summed E-state index contributed by atoms with van der Waals surface area (Å²) in [7, 11) is 1.83. The van der Waals surface area contributed by atoms with Crippen molar-refractivity contribution >= 4 is 23.4 Å². The van der Waals surface area contributed by atoms with Crippen molar-refractivity contribution in [3.8, 4) is 5.75 Å². The quantitative estimate of drug-likeness (QED) is 0.461. The molecule has 0 fully saturated rings. The molecular weight excluding hydrogens is 472 g/mol. The van der Waals surface area contributed by atoms with Gasteiger partial charge in [-0.25, -0.2) is 0 Å². The van der Waals surface area contributed by atoms with Crippen LogP contribution in [0.4, 0.5) is 0 Å². The van der Waals surface area contributed by atoms with Gasteiger partial charge in [0.15, 0.2) is 0 Å². The molecule has 0 unspecified atom stereocenters. The maximum Gasteiger partial charge on any atom is 0.257 e. The predicted octanol–water partition coefficient (Wildman–Crippen LogP) is 5.66. The molecule has 1 heterocycles. The Morgan fingerprint density at radius 3 is 2.36 bits per heavy atom. The molecule has 6 heteroatoms. The second-order valence-corrected chi connectivity index (χ2v) is 9.76. The summed E-state index contributed by atoms with van der Waals surface area (Å²) in [6.07, 6.45) is 3.66. The van der Waals surface area contributed by atoms with Crippen molar-refractivity contribution in [1.29, 1.82) is 0 Å². The Morgan fingerprint density at radius 1 is 0.889 bits per heavy atom. The first kappa shape index (κ1) is 25.8. The number of para-hydroxylation sites is 1. The normalized spacial score (nSPS) is 17.3. The van der Waals surface area contributed by atoms with E-state index in [0.29, 0.717) is 48.9 Å². The maximum atomic E-state index is 13.7. The molecule has 4 rings (SSSR count). The summed E-state index contributed by atoms with van der Waals surface area (Å²) in [5.74, 6) is 0.579. The first-order valence-electron chi connectivity index (χ1n) is 12.6. The van der Waals surface area contributed by atoms with E-state index < -0.39 is 0 Å². The average molecular weight is 505 g/mol. The van der Waals surface area contributed by atoms with Crippen molar-refractivity contribution in [2.45, 2.75) is 38.1 Å². The number of nitrogens with zero attached hydrogens (tertiary/aromatic N) is 2. The number of halogens is 1. The van der Waals surface area contributed by atoms with Crippen LogP contribution in [0, 0.1) is 0 Å². The third-order valence-corrected chi connectivity index (χ3v) is 6.88. The molecule has 3 aromatic rings. The van der Waals surface area contributed by atoms with Gasteiger partial charge in [0.25, 0.3) is 5.91 Å². The zero-order valence-corrected chi connectivity index (χ0v) is 21.5. The number of ether oxygens (including phenoxy) is 1. The Balaban J connectivity index is 1.64. The Bertz CT molecular complexity index is 1150. The van der Waals surface area contributed by atoms with Crippen LogP contribution in [0.1, 0.15) is 40.7 Å². The van der Waals surface area contributed by atoms with Crippen molar-refractivity contribution in [2.24, 2.45) is 0 Å². The van der Waals surface area contributed by atoms with E-state index in [4.69, 9.17) is 16.3 Å². The van der Waals surface area contributed by atoms with Gasteiger partial charge in [-0.05, 0) is 61.1 Å². The van der Waals surface area contributed by atoms with Gasteiger partial charge in [0, 0.05) is 25.2 Å². The van der Waals surface area contributed by atoms with E-state index in [1.807, 2.05) is 78.7 Å². The van der Waals surface area contributed by atoms with Crippen LogP contribution in [0.5, 0.6) is 5.75 Å². The van der Waals surface area contributed by atoms with Crippen LogP contribution in [-0.2, 0) is 17.6 Å². The van der Waals surface area contributed by atoms with Crippen molar-refractivity contribution < 1.29 is 14.3 Å². The van der Waals surface area contributed by atoms with Crippen LogP contribution < -0.4 is 4.74 Å². The minimum atomic E-state index is -0.172. The van der Waals surface area contributed by atoms with Crippen molar-refractivity contribution in [3.63, 3.8) is 0 Å². The minimum Gasteiger partial charge on any atom is -0.491 e. The maximum absolute atomic E-state index is 13.7. The van der Waals surface area contributed by atoms with Gasteiger partial charge in [-0.2, -0.15) is 0 Å². The number of benzene rings is 3. The molecule has 3 aromatic carbocycles. The smallest absolute Gasteiger partial charge is 0.257 e. The summed E-state index contributed by atoms with van der Waals surface area (Å²) in [6, 6.07) is 24.8. The summed E-state index contributed by atoms with van der Waals surface area (Å²) < 4.78 is 6.29. The monoisotopic (exact) mass is 504 g/mol. The number of hydrogen-bond donors (Lipinski definition) is 0. The molecule has 36 heavy (non-hydrogen) atoms. The lowest BCUT2D eigenvalue weighted by Crippen LogP contribution is -2.46. The van der Waals surface area contributed by atoms with Crippen molar-refractivity contribution in [3.05, 3.63) is 101 Å². The molecule has 1 aliphatic rings. The van der Waals surface area contributed by atoms with Crippen LogP contribution in [0.3, 0.4) is 0 Å². The number of amides is 2. The van der Waals surface area contributed by atoms with Crippen LogP contribution in [0.15, 0.2) is 78.9 Å². The number of rotatable bonds is 4. The molecule has 0 radical (unpaired) electrons. The van der Waals surface area contributed by atoms with Gasteiger partial charge < -0.3 is 14.5 Å². The lowest BCUT2D eigenvalue weighted by Gasteiger charge is -2.32. The Hall–Kier alpha value is -3.31. The largest absolute Gasteiger partial charge is 0.491 e. The van der Waals surface area contributed by atoms with E-state index in [9.17, 15) is 9.59 Å². The van der Waals surface area contributed by atoms with Gasteiger partial charge in [0.05, 0.1) is 18.0 Å². The highest BCUT2D eigenvalue weighted by Gasteiger charge is 2.26. The fourth-order valence-electron chi connectivity index (χ4n) is 4.60. The molecule has 188 valence electrons. The fraction of sp³-hybridized carbons (Fsp3) is 0.333. The highest BCUT2D eigenvalue weighted by molar-refractivity contribution is 6.30. The predicted molar refractivity (Wildman–Crippen MR) is 144 cm³/mol.